The molecule has 0 aliphatic rings. The van der Waals surface area contributed by atoms with Gasteiger partial charge in [0.15, 0.2) is 0 Å². The normalized spacial score (nSPS) is 10.9. The largest absolute Gasteiger partial charge is 0.298 e. The molecule has 0 amide bonds. The molecule has 0 N–H and O–H groups in total. The summed E-state index contributed by atoms with van der Waals surface area (Å²) in [7, 11) is 0. The van der Waals surface area contributed by atoms with Crippen molar-refractivity contribution < 1.29 is 0 Å². The Hall–Kier alpha value is 0.200. The smallest absolute Gasteiger partial charge is 0.0351 e. The van der Waals surface area contributed by atoms with E-state index in [4.69, 9.17) is 11.6 Å². The molecular formula is C11H15ClIN. The Morgan fingerprint density at radius 2 is 2.07 bits per heavy atom. The van der Waals surface area contributed by atoms with Crippen molar-refractivity contribution in [2.45, 2.75) is 13.5 Å². The van der Waals surface area contributed by atoms with Crippen molar-refractivity contribution in [3.8, 4) is 0 Å². The lowest BCUT2D eigenvalue weighted by atomic mass is 10.2. The average molecular weight is 324 g/mol. The highest BCUT2D eigenvalue weighted by Crippen LogP contribution is 2.13. The Morgan fingerprint density at radius 3 is 2.64 bits per heavy atom. The molecule has 0 bridgehead atoms. The molecule has 0 saturated carbocycles. The van der Waals surface area contributed by atoms with Gasteiger partial charge in [-0.1, -0.05) is 25.1 Å². The van der Waals surface area contributed by atoms with Gasteiger partial charge in [0.2, 0.25) is 0 Å². The second kappa shape index (κ2) is 6.64. The van der Waals surface area contributed by atoms with Crippen LogP contribution in [0.15, 0.2) is 24.3 Å². The second-order valence-corrected chi connectivity index (χ2v) is 4.69. The molecule has 0 radical (unpaired) electrons. The van der Waals surface area contributed by atoms with Gasteiger partial charge in [-0.25, -0.2) is 0 Å². The number of benzene rings is 1. The second-order valence-electron chi connectivity index (χ2n) is 3.15. The zero-order valence-corrected chi connectivity index (χ0v) is 11.3. The third-order valence-corrected chi connectivity index (χ3v) is 3.42. The number of hydrogen-bond acceptors (Lipinski definition) is 1. The van der Waals surface area contributed by atoms with Crippen molar-refractivity contribution in [3.05, 3.63) is 33.4 Å². The van der Waals surface area contributed by atoms with Crippen molar-refractivity contribution in [3.63, 3.8) is 0 Å². The van der Waals surface area contributed by atoms with Crippen molar-refractivity contribution in [1.82, 2.24) is 4.90 Å². The van der Waals surface area contributed by atoms with Crippen LogP contribution in [-0.2, 0) is 6.54 Å². The molecule has 0 heterocycles. The van der Waals surface area contributed by atoms with Crippen LogP contribution in [0.1, 0.15) is 12.5 Å². The highest BCUT2D eigenvalue weighted by molar-refractivity contribution is 14.1. The molecule has 3 heteroatoms. The van der Waals surface area contributed by atoms with Crippen molar-refractivity contribution in [2.24, 2.45) is 0 Å². The number of alkyl halides is 1. The minimum absolute atomic E-state index is 0.706. The van der Waals surface area contributed by atoms with Crippen LogP contribution in [-0.4, -0.2) is 23.9 Å². The first kappa shape index (κ1) is 12.3. The molecule has 0 fully saturated rings. The van der Waals surface area contributed by atoms with E-state index in [2.05, 4.69) is 58.7 Å². The van der Waals surface area contributed by atoms with E-state index in [-0.39, 0.29) is 0 Å². The number of rotatable bonds is 5. The fourth-order valence-electron chi connectivity index (χ4n) is 1.34. The SMILES string of the molecule is CCN(CCCl)Cc1ccccc1I. The molecule has 0 saturated heterocycles. The van der Waals surface area contributed by atoms with E-state index in [9.17, 15) is 0 Å². The summed E-state index contributed by atoms with van der Waals surface area (Å²) in [4.78, 5) is 2.35. The van der Waals surface area contributed by atoms with Gasteiger partial charge in [0, 0.05) is 22.5 Å². The van der Waals surface area contributed by atoms with Gasteiger partial charge in [0.05, 0.1) is 0 Å². The van der Waals surface area contributed by atoms with Crippen LogP contribution in [0.4, 0.5) is 0 Å². The molecule has 78 valence electrons. The number of hydrogen-bond donors (Lipinski definition) is 0. The lowest BCUT2D eigenvalue weighted by Gasteiger charge is -2.19. The van der Waals surface area contributed by atoms with Crippen LogP contribution in [0, 0.1) is 3.57 Å². The minimum atomic E-state index is 0.706. The maximum Gasteiger partial charge on any atom is 0.0351 e. The first-order valence-electron chi connectivity index (χ1n) is 4.79. The molecule has 0 atom stereocenters. The summed E-state index contributed by atoms with van der Waals surface area (Å²) < 4.78 is 1.33. The van der Waals surface area contributed by atoms with Crippen molar-refractivity contribution in [2.75, 3.05) is 19.0 Å². The predicted octanol–water partition coefficient (Wildman–Crippen LogP) is 3.35. The van der Waals surface area contributed by atoms with E-state index in [1.54, 1.807) is 0 Å². The van der Waals surface area contributed by atoms with Crippen molar-refractivity contribution in [1.29, 1.82) is 0 Å². The van der Waals surface area contributed by atoms with Gasteiger partial charge in [0.1, 0.15) is 0 Å². The summed E-state index contributed by atoms with van der Waals surface area (Å²) in [6.07, 6.45) is 0. The van der Waals surface area contributed by atoms with Gasteiger partial charge in [-0.15, -0.1) is 11.6 Å². The van der Waals surface area contributed by atoms with E-state index in [1.807, 2.05) is 0 Å². The summed E-state index contributed by atoms with van der Waals surface area (Å²) in [6.45, 7) is 5.19. The third-order valence-electron chi connectivity index (χ3n) is 2.20. The predicted molar refractivity (Wildman–Crippen MR) is 70.8 cm³/mol. The quantitative estimate of drug-likeness (QED) is 0.593. The Kier molecular flexibility index (Phi) is 5.82. The van der Waals surface area contributed by atoms with Gasteiger partial charge >= 0.3 is 0 Å². The van der Waals surface area contributed by atoms with E-state index in [0.717, 1.165) is 19.6 Å². The molecule has 1 nitrogen and oxygen atoms in total. The number of nitrogens with zero attached hydrogens (tertiary/aromatic N) is 1. The van der Waals surface area contributed by atoms with E-state index in [0.29, 0.717) is 5.88 Å². The van der Waals surface area contributed by atoms with Crippen LogP contribution < -0.4 is 0 Å². The summed E-state index contributed by atoms with van der Waals surface area (Å²) in [6, 6.07) is 8.48. The van der Waals surface area contributed by atoms with Gasteiger partial charge in [-0.2, -0.15) is 0 Å². The standard InChI is InChI=1S/C11H15ClIN/c1-2-14(8-7-12)9-10-5-3-4-6-11(10)13/h3-6H,2,7-9H2,1H3. The van der Waals surface area contributed by atoms with E-state index >= 15 is 0 Å². The maximum atomic E-state index is 5.74. The van der Waals surface area contributed by atoms with Crippen LogP contribution in [0.5, 0.6) is 0 Å². The maximum absolute atomic E-state index is 5.74. The summed E-state index contributed by atoms with van der Waals surface area (Å²) >= 11 is 8.12. The highest BCUT2D eigenvalue weighted by atomic mass is 127. The Balaban J connectivity index is 2.62. The van der Waals surface area contributed by atoms with Crippen molar-refractivity contribution >= 4 is 34.2 Å². The monoisotopic (exact) mass is 323 g/mol. The zero-order chi connectivity index (χ0) is 10.4. The minimum Gasteiger partial charge on any atom is -0.298 e. The first-order chi connectivity index (χ1) is 6.77. The summed E-state index contributed by atoms with van der Waals surface area (Å²) in [5.41, 5.74) is 1.39. The average Bonchev–Trinajstić information content (AvgIpc) is 2.20. The molecule has 0 aromatic heterocycles. The van der Waals surface area contributed by atoms with E-state index in [1.165, 1.54) is 9.13 Å². The summed E-state index contributed by atoms with van der Waals surface area (Å²) in [5, 5.41) is 0. The lowest BCUT2D eigenvalue weighted by Crippen LogP contribution is -2.25. The zero-order valence-electron chi connectivity index (χ0n) is 8.34. The van der Waals surface area contributed by atoms with Gasteiger partial charge in [0.25, 0.3) is 0 Å². The molecule has 0 unspecified atom stereocenters. The Morgan fingerprint density at radius 1 is 1.36 bits per heavy atom. The molecule has 0 spiro atoms. The fraction of sp³-hybridized carbons (Fsp3) is 0.455. The molecular weight excluding hydrogens is 308 g/mol. The van der Waals surface area contributed by atoms with Crippen LogP contribution in [0.3, 0.4) is 0 Å². The lowest BCUT2D eigenvalue weighted by molar-refractivity contribution is 0.297. The molecule has 14 heavy (non-hydrogen) atoms. The Labute approximate surface area is 105 Å². The van der Waals surface area contributed by atoms with Crippen LogP contribution in [0.25, 0.3) is 0 Å². The van der Waals surface area contributed by atoms with Crippen LogP contribution in [0.2, 0.25) is 0 Å². The van der Waals surface area contributed by atoms with Gasteiger partial charge in [-0.3, -0.25) is 4.90 Å². The highest BCUT2D eigenvalue weighted by Gasteiger charge is 2.04. The topological polar surface area (TPSA) is 3.24 Å². The molecule has 1 aromatic rings. The van der Waals surface area contributed by atoms with Gasteiger partial charge < -0.3 is 0 Å². The molecule has 0 aliphatic carbocycles. The Bertz CT molecular complexity index is 278. The fourth-order valence-corrected chi connectivity index (χ4v) is 2.13. The molecule has 1 aromatic carbocycles. The molecule has 1 rings (SSSR count). The van der Waals surface area contributed by atoms with E-state index < -0.39 is 0 Å². The van der Waals surface area contributed by atoms with Gasteiger partial charge in [-0.05, 0) is 40.8 Å². The van der Waals surface area contributed by atoms with Crippen LogP contribution >= 0.6 is 34.2 Å². The summed E-state index contributed by atoms with van der Waals surface area (Å²) in [5.74, 6) is 0.706. The number of halogens is 2. The first-order valence-corrected chi connectivity index (χ1v) is 6.41. The third kappa shape index (κ3) is 3.75. The molecule has 0 aliphatic heterocycles.